The quantitative estimate of drug-likeness (QED) is 0.374. The molecule has 0 fully saturated rings. The fourth-order valence-corrected chi connectivity index (χ4v) is 5.00. The fourth-order valence-electron chi connectivity index (χ4n) is 3.48. The third-order valence-electron chi connectivity index (χ3n) is 5.19. The summed E-state index contributed by atoms with van der Waals surface area (Å²) < 4.78 is 13.0. The van der Waals surface area contributed by atoms with Crippen molar-refractivity contribution >= 4 is 29.0 Å². The predicted octanol–water partition coefficient (Wildman–Crippen LogP) is 4.58. The molecule has 9 heteroatoms. The van der Waals surface area contributed by atoms with Gasteiger partial charge in [0.2, 0.25) is 12.7 Å². The zero-order valence-electron chi connectivity index (χ0n) is 17.9. The summed E-state index contributed by atoms with van der Waals surface area (Å²) in [4.78, 5) is 13.8. The van der Waals surface area contributed by atoms with E-state index in [9.17, 15) is 4.79 Å². The normalized spacial score (nSPS) is 13.1. The van der Waals surface area contributed by atoms with Crippen molar-refractivity contribution in [1.82, 2.24) is 20.1 Å². The summed E-state index contributed by atoms with van der Waals surface area (Å²) in [6.45, 7) is 3.19. The van der Waals surface area contributed by atoms with Gasteiger partial charge in [0.15, 0.2) is 22.5 Å². The average molecular weight is 479 g/mol. The molecule has 0 bridgehead atoms. The van der Waals surface area contributed by atoms with Crippen molar-refractivity contribution in [3.05, 3.63) is 76.5 Å². The monoisotopic (exact) mass is 478 g/mol. The van der Waals surface area contributed by atoms with E-state index in [-0.39, 0.29) is 18.0 Å². The number of fused-ring (bicyclic) bond motifs is 1. The Morgan fingerprint density at radius 2 is 1.97 bits per heavy atom. The molecule has 0 saturated heterocycles. The molecular weight excluding hydrogens is 456 g/mol. The Balaban J connectivity index is 1.38. The maximum absolute atomic E-state index is 12.7. The van der Waals surface area contributed by atoms with Gasteiger partial charge in [-0.15, -0.1) is 21.5 Å². The maximum atomic E-state index is 12.7. The van der Waals surface area contributed by atoms with E-state index in [1.807, 2.05) is 77.5 Å². The number of nitrogens with zero attached hydrogens (tertiary/aromatic N) is 3. The number of benzene rings is 2. The lowest BCUT2D eigenvalue weighted by atomic mass is 10.2. The van der Waals surface area contributed by atoms with Crippen LogP contribution >= 0.6 is 23.1 Å². The Kier molecular flexibility index (Phi) is 6.32. The van der Waals surface area contributed by atoms with Gasteiger partial charge in [-0.2, -0.15) is 0 Å². The molecule has 1 N–H and O–H groups in total. The molecule has 5 rings (SSSR count). The van der Waals surface area contributed by atoms with Gasteiger partial charge >= 0.3 is 0 Å². The molecule has 168 valence electrons. The van der Waals surface area contributed by atoms with Crippen LogP contribution in [0.25, 0.3) is 11.4 Å². The van der Waals surface area contributed by atoms with E-state index in [1.54, 1.807) is 11.3 Å². The van der Waals surface area contributed by atoms with Crippen molar-refractivity contribution in [1.29, 1.82) is 0 Å². The van der Waals surface area contributed by atoms with Crippen molar-refractivity contribution in [3.8, 4) is 22.9 Å². The second-order valence-electron chi connectivity index (χ2n) is 7.50. The number of thiophene rings is 1. The van der Waals surface area contributed by atoms with Crippen molar-refractivity contribution in [2.75, 3.05) is 6.79 Å². The highest BCUT2D eigenvalue weighted by Gasteiger charge is 2.22. The molecule has 1 unspecified atom stereocenters. The van der Waals surface area contributed by atoms with Gasteiger partial charge in [0.25, 0.3) is 0 Å². The number of rotatable bonds is 8. The van der Waals surface area contributed by atoms with Gasteiger partial charge < -0.3 is 14.8 Å². The Morgan fingerprint density at radius 3 is 2.79 bits per heavy atom. The standard InChI is InChI=1S/C24H22N4O3S2/c1-16(23(29)25-13-19-8-5-11-32-19)33-24-27-26-22(18-6-3-2-4-7-18)28(24)14-17-9-10-20-21(12-17)31-15-30-20/h2-12,16H,13-15H2,1H3,(H,25,29). The van der Waals surface area contributed by atoms with Crippen LogP contribution in [0.5, 0.6) is 11.5 Å². The van der Waals surface area contributed by atoms with Gasteiger partial charge in [-0.05, 0) is 36.1 Å². The second kappa shape index (κ2) is 9.68. The van der Waals surface area contributed by atoms with Gasteiger partial charge in [0.05, 0.1) is 18.3 Å². The summed E-state index contributed by atoms with van der Waals surface area (Å²) >= 11 is 3.03. The average Bonchev–Trinajstić information content (AvgIpc) is 3.60. The third-order valence-corrected chi connectivity index (χ3v) is 7.15. The van der Waals surface area contributed by atoms with Gasteiger partial charge in [0.1, 0.15) is 0 Å². The lowest BCUT2D eigenvalue weighted by Gasteiger charge is -2.14. The first-order valence-corrected chi connectivity index (χ1v) is 12.3. The topological polar surface area (TPSA) is 78.3 Å². The lowest BCUT2D eigenvalue weighted by Crippen LogP contribution is -2.30. The zero-order valence-corrected chi connectivity index (χ0v) is 19.6. The number of hydrogen-bond acceptors (Lipinski definition) is 7. The molecule has 0 aliphatic carbocycles. The number of ether oxygens (including phenoxy) is 2. The number of hydrogen-bond donors (Lipinski definition) is 1. The van der Waals surface area contributed by atoms with E-state index >= 15 is 0 Å². The summed E-state index contributed by atoms with van der Waals surface area (Å²) in [7, 11) is 0. The van der Waals surface area contributed by atoms with Crippen molar-refractivity contribution in [3.63, 3.8) is 0 Å². The fraction of sp³-hybridized carbons (Fsp3) is 0.208. The van der Waals surface area contributed by atoms with Crippen LogP contribution in [0.15, 0.2) is 71.2 Å². The number of carbonyl (C=O) groups is 1. The third kappa shape index (κ3) is 4.89. The van der Waals surface area contributed by atoms with Crippen molar-refractivity contribution < 1.29 is 14.3 Å². The minimum Gasteiger partial charge on any atom is -0.454 e. The minimum atomic E-state index is -0.326. The van der Waals surface area contributed by atoms with Gasteiger partial charge in [-0.25, -0.2) is 0 Å². The van der Waals surface area contributed by atoms with Crippen LogP contribution in [0.4, 0.5) is 0 Å². The van der Waals surface area contributed by atoms with Crippen LogP contribution in [0, 0.1) is 0 Å². The zero-order chi connectivity index (χ0) is 22.6. The van der Waals surface area contributed by atoms with Crippen molar-refractivity contribution in [2.24, 2.45) is 0 Å². The van der Waals surface area contributed by atoms with Gasteiger partial charge in [-0.1, -0.05) is 54.2 Å². The molecule has 7 nitrogen and oxygen atoms in total. The smallest absolute Gasteiger partial charge is 0.233 e. The van der Waals surface area contributed by atoms with Gasteiger partial charge in [0, 0.05) is 10.4 Å². The SMILES string of the molecule is CC(Sc1nnc(-c2ccccc2)n1Cc1ccc2c(c1)OCO2)C(=O)NCc1cccs1. The maximum Gasteiger partial charge on any atom is 0.233 e. The highest BCUT2D eigenvalue weighted by Crippen LogP contribution is 2.34. The van der Waals surface area contributed by atoms with Crippen molar-refractivity contribution in [2.45, 2.75) is 30.4 Å². The first-order chi connectivity index (χ1) is 16.2. The molecule has 0 saturated carbocycles. The van der Waals surface area contributed by atoms with E-state index in [0.717, 1.165) is 33.3 Å². The second-order valence-corrected chi connectivity index (χ2v) is 9.84. The molecule has 3 heterocycles. The Bertz CT molecular complexity index is 1240. The van der Waals surface area contributed by atoms with Gasteiger partial charge in [-0.3, -0.25) is 9.36 Å². The highest BCUT2D eigenvalue weighted by atomic mass is 32.2. The molecule has 1 aliphatic heterocycles. The molecule has 0 radical (unpaired) electrons. The summed E-state index contributed by atoms with van der Waals surface area (Å²) in [5.41, 5.74) is 2.00. The summed E-state index contributed by atoms with van der Waals surface area (Å²) in [6.07, 6.45) is 0. The molecule has 2 aromatic carbocycles. The van der Waals surface area contributed by atoms with E-state index in [0.29, 0.717) is 18.2 Å². The lowest BCUT2D eigenvalue weighted by molar-refractivity contribution is -0.120. The number of aromatic nitrogens is 3. The van der Waals surface area contributed by atoms with Crippen LogP contribution in [0.2, 0.25) is 0 Å². The van der Waals surface area contributed by atoms with Crippen LogP contribution in [0.3, 0.4) is 0 Å². The molecule has 2 aromatic heterocycles. The van der Waals surface area contributed by atoms with Crippen LogP contribution in [0.1, 0.15) is 17.4 Å². The van der Waals surface area contributed by atoms with Crippen LogP contribution in [-0.4, -0.2) is 32.7 Å². The Hall–Kier alpha value is -3.30. The van der Waals surface area contributed by atoms with E-state index in [4.69, 9.17) is 9.47 Å². The van der Waals surface area contributed by atoms with Crippen LogP contribution < -0.4 is 14.8 Å². The molecule has 33 heavy (non-hydrogen) atoms. The summed E-state index contributed by atoms with van der Waals surface area (Å²) in [6, 6.07) is 19.8. The molecule has 1 amide bonds. The van der Waals surface area contributed by atoms with E-state index in [2.05, 4.69) is 15.5 Å². The van der Waals surface area contributed by atoms with E-state index in [1.165, 1.54) is 11.8 Å². The van der Waals surface area contributed by atoms with E-state index < -0.39 is 0 Å². The summed E-state index contributed by atoms with van der Waals surface area (Å²) in [5, 5.41) is 14.3. The highest BCUT2D eigenvalue weighted by molar-refractivity contribution is 8.00. The number of carbonyl (C=O) groups excluding carboxylic acids is 1. The Labute approximate surface area is 199 Å². The minimum absolute atomic E-state index is 0.0349. The number of amides is 1. The van der Waals surface area contributed by atoms with Crippen LogP contribution in [-0.2, 0) is 17.9 Å². The predicted molar refractivity (Wildman–Crippen MR) is 129 cm³/mol. The molecule has 1 aliphatic rings. The molecular formula is C24H22N4O3S2. The first kappa shape index (κ1) is 21.5. The number of nitrogens with one attached hydrogen (secondary N) is 1. The molecule has 1 atom stereocenters. The molecule has 4 aromatic rings. The molecule has 0 spiro atoms. The summed E-state index contributed by atoms with van der Waals surface area (Å²) in [5.74, 6) is 2.20. The largest absolute Gasteiger partial charge is 0.454 e. The first-order valence-electron chi connectivity index (χ1n) is 10.5. The Morgan fingerprint density at radius 1 is 1.12 bits per heavy atom. The number of thioether (sulfide) groups is 1.